The Kier molecular flexibility index (Phi) is 4.54. The fourth-order valence-electron chi connectivity index (χ4n) is 3.81. The minimum absolute atomic E-state index is 0.610. The molecular weight excluding hydrogens is 298 g/mol. The normalized spacial score (nSPS) is 20.3. The molecule has 0 saturated carbocycles. The molecule has 24 heavy (non-hydrogen) atoms. The third-order valence-electron chi connectivity index (χ3n) is 5.15. The van der Waals surface area contributed by atoms with Crippen molar-refractivity contribution in [1.82, 2.24) is 20.0 Å². The molecule has 0 saturated heterocycles. The van der Waals surface area contributed by atoms with E-state index < -0.39 is 0 Å². The van der Waals surface area contributed by atoms with Gasteiger partial charge in [0.2, 0.25) is 0 Å². The van der Waals surface area contributed by atoms with Crippen molar-refractivity contribution in [2.75, 3.05) is 38.0 Å². The topological polar surface area (TPSA) is 45.1 Å². The molecule has 1 aromatic carbocycles. The van der Waals surface area contributed by atoms with E-state index in [-0.39, 0.29) is 0 Å². The van der Waals surface area contributed by atoms with Gasteiger partial charge in [0.1, 0.15) is 5.82 Å². The van der Waals surface area contributed by atoms with Crippen molar-refractivity contribution < 1.29 is 0 Å². The average Bonchev–Trinajstić information content (AvgIpc) is 2.98. The third-order valence-corrected chi connectivity index (χ3v) is 5.15. The van der Waals surface area contributed by atoms with Crippen molar-refractivity contribution in [3.05, 3.63) is 47.2 Å². The van der Waals surface area contributed by atoms with Crippen LogP contribution in [0.15, 0.2) is 30.3 Å². The molecule has 1 atom stereocenters. The highest BCUT2D eigenvalue weighted by molar-refractivity contribution is 5.38. The lowest BCUT2D eigenvalue weighted by molar-refractivity contribution is 0.250. The second-order valence-electron chi connectivity index (χ2n) is 7.10. The number of hydrogen-bond acceptors (Lipinski definition) is 4. The van der Waals surface area contributed by atoms with Crippen LogP contribution in [0.25, 0.3) is 0 Å². The fourth-order valence-corrected chi connectivity index (χ4v) is 3.81. The summed E-state index contributed by atoms with van der Waals surface area (Å²) in [7, 11) is 0. The Morgan fingerprint density at radius 2 is 2.17 bits per heavy atom. The number of anilines is 1. The van der Waals surface area contributed by atoms with Crippen LogP contribution in [-0.2, 0) is 19.5 Å². The first-order valence-corrected chi connectivity index (χ1v) is 9.06. The van der Waals surface area contributed by atoms with E-state index in [0.29, 0.717) is 5.92 Å². The van der Waals surface area contributed by atoms with Gasteiger partial charge in [-0.15, -0.1) is 0 Å². The minimum atomic E-state index is 0.610. The van der Waals surface area contributed by atoms with E-state index in [1.54, 1.807) is 0 Å². The van der Waals surface area contributed by atoms with Gasteiger partial charge >= 0.3 is 0 Å². The second-order valence-corrected chi connectivity index (χ2v) is 7.10. The Morgan fingerprint density at radius 1 is 1.29 bits per heavy atom. The van der Waals surface area contributed by atoms with Crippen LogP contribution >= 0.6 is 0 Å². The van der Waals surface area contributed by atoms with E-state index in [1.807, 2.05) is 0 Å². The highest BCUT2D eigenvalue weighted by atomic mass is 15.3. The molecule has 2 aliphatic rings. The SMILES string of the molecule is Cc1cc2n(n1)CC(CNCCN1CCc3ccccc3C1)CN2. The lowest BCUT2D eigenvalue weighted by atomic mass is 10.00. The predicted octanol–water partition coefficient (Wildman–Crippen LogP) is 1.88. The number of aromatic nitrogens is 2. The van der Waals surface area contributed by atoms with Gasteiger partial charge in [-0.3, -0.25) is 4.90 Å². The predicted molar refractivity (Wildman–Crippen MR) is 97.2 cm³/mol. The summed E-state index contributed by atoms with van der Waals surface area (Å²) in [6.45, 7) is 9.62. The maximum absolute atomic E-state index is 4.54. The molecule has 2 aliphatic heterocycles. The first kappa shape index (κ1) is 15.7. The molecule has 0 bridgehead atoms. The summed E-state index contributed by atoms with van der Waals surface area (Å²) in [4.78, 5) is 2.56. The maximum Gasteiger partial charge on any atom is 0.124 e. The van der Waals surface area contributed by atoms with Crippen LogP contribution in [0.4, 0.5) is 5.82 Å². The largest absolute Gasteiger partial charge is 0.370 e. The molecule has 1 aromatic heterocycles. The summed E-state index contributed by atoms with van der Waals surface area (Å²) in [5, 5.41) is 11.7. The fraction of sp³-hybridized carbons (Fsp3) is 0.526. The Morgan fingerprint density at radius 3 is 3.08 bits per heavy atom. The molecule has 0 fully saturated rings. The Labute approximate surface area is 144 Å². The smallest absolute Gasteiger partial charge is 0.124 e. The molecule has 2 aromatic rings. The van der Waals surface area contributed by atoms with Crippen molar-refractivity contribution in [3.8, 4) is 0 Å². The van der Waals surface area contributed by atoms with Gasteiger partial charge in [0.05, 0.1) is 5.69 Å². The zero-order chi connectivity index (χ0) is 16.4. The lowest BCUT2D eigenvalue weighted by Gasteiger charge is -2.29. The second kappa shape index (κ2) is 6.95. The van der Waals surface area contributed by atoms with E-state index in [1.165, 1.54) is 24.1 Å². The zero-order valence-electron chi connectivity index (χ0n) is 14.5. The van der Waals surface area contributed by atoms with Gasteiger partial charge in [-0.2, -0.15) is 5.10 Å². The van der Waals surface area contributed by atoms with Crippen LogP contribution in [-0.4, -0.2) is 47.4 Å². The van der Waals surface area contributed by atoms with Crippen LogP contribution in [0.1, 0.15) is 16.8 Å². The van der Waals surface area contributed by atoms with E-state index in [0.717, 1.165) is 50.8 Å². The molecule has 1 unspecified atom stereocenters. The number of aryl methyl sites for hydroxylation is 1. The molecule has 2 N–H and O–H groups in total. The van der Waals surface area contributed by atoms with E-state index in [4.69, 9.17) is 0 Å². The number of benzene rings is 1. The summed E-state index contributed by atoms with van der Waals surface area (Å²) < 4.78 is 2.10. The summed E-state index contributed by atoms with van der Waals surface area (Å²) >= 11 is 0. The monoisotopic (exact) mass is 325 g/mol. The van der Waals surface area contributed by atoms with Crippen LogP contribution in [0.3, 0.4) is 0 Å². The van der Waals surface area contributed by atoms with Crippen LogP contribution in [0.5, 0.6) is 0 Å². The molecular formula is C19H27N5. The van der Waals surface area contributed by atoms with E-state index in [2.05, 4.69) is 62.6 Å². The van der Waals surface area contributed by atoms with Crippen molar-refractivity contribution in [2.45, 2.75) is 26.4 Å². The highest BCUT2D eigenvalue weighted by Gasteiger charge is 2.19. The molecule has 0 radical (unpaired) electrons. The van der Waals surface area contributed by atoms with E-state index in [9.17, 15) is 0 Å². The zero-order valence-corrected chi connectivity index (χ0v) is 14.5. The van der Waals surface area contributed by atoms with Crippen molar-refractivity contribution in [1.29, 1.82) is 0 Å². The van der Waals surface area contributed by atoms with Crippen LogP contribution in [0.2, 0.25) is 0 Å². The number of fused-ring (bicyclic) bond motifs is 2. The first-order valence-electron chi connectivity index (χ1n) is 9.06. The Hall–Kier alpha value is -1.85. The molecule has 5 nitrogen and oxygen atoms in total. The van der Waals surface area contributed by atoms with Gasteiger partial charge in [-0.05, 0) is 24.5 Å². The van der Waals surface area contributed by atoms with Gasteiger partial charge < -0.3 is 10.6 Å². The first-order chi connectivity index (χ1) is 11.8. The summed E-state index contributed by atoms with van der Waals surface area (Å²) in [6.07, 6.45) is 1.18. The lowest BCUT2D eigenvalue weighted by Crippen LogP contribution is -2.40. The quantitative estimate of drug-likeness (QED) is 0.824. The summed E-state index contributed by atoms with van der Waals surface area (Å²) in [6, 6.07) is 11.0. The minimum Gasteiger partial charge on any atom is -0.370 e. The molecule has 5 heteroatoms. The van der Waals surface area contributed by atoms with Crippen LogP contribution in [0, 0.1) is 12.8 Å². The number of rotatable bonds is 5. The maximum atomic E-state index is 4.54. The average molecular weight is 325 g/mol. The molecule has 4 rings (SSSR count). The molecule has 0 aliphatic carbocycles. The number of nitrogens with one attached hydrogen (secondary N) is 2. The van der Waals surface area contributed by atoms with Crippen LogP contribution < -0.4 is 10.6 Å². The van der Waals surface area contributed by atoms with E-state index >= 15 is 0 Å². The third kappa shape index (κ3) is 3.47. The summed E-state index contributed by atoms with van der Waals surface area (Å²) in [5.74, 6) is 1.77. The number of hydrogen-bond donors (Lipinski definition) is 2. The standard InChI is InChI=1S/C19H27N5/c1-15-10-19-21-12-16(13-24(19)22-15)11-20-7-9-23-8-6-17-4-2-3-5-18(17)14-23/h2-5,10,16,20-21H,6-9,11-14H2,1H3. The number of nitrogens with zero attached hydrogens (tertiary/aromatic N) is 3. The van der Waals surface area contributed by atoms with Gasteiger partial charge in [0.15, 0.2) is 0 Å². The molecule has 0 spiro atoms. The molecule has 128 valence electrons. The van der Waals surface area contributed by atoms with Gasteiger partial charge in [0.25, 0.3) is 0 Å². The molecule has 3 heterocycles. The summed E-state index contributed by atoms with van der Waals surface area (Å²) in [5.41, 5.74) is 4.12. The molecule has 0 amide bonds. The van der Waals surface area contributed by atoms with Crippen molar-refractivity contribution in [3.63, 3.8) is 0 Å². The highest BCUT2D eigenvalue weighted by Crippen LogP contribution is 2.19. The van der Waals surface area contributed by atoms with Gasteiger partial charge in [0, 0.05) is 57.8 Å². The van der Waals surface area contributed by atoms with Gasteiger partial charge in [-0.25, -0.2) is 4.68 Å². The Balaban J connectivity index is 1.19. The van der Waals surface area contributed by atoms with Gasteiger partial charge in [-0.1, -0.05) is 24.3 Å². The van der Waals surface area contributed by atoms with Crippen molar-refractivity contribution >= 4 is 5.82 Å². The van der Waals surface area contributed by atoms with Crippen molar-refractivity contribution in [2.24, 2.45) is 5.92 Å². The Bertz CT molecular complexity index is 693.